The average molecular weight is 383 g/mol. The van der Waals surface area contributed by atoms with E-state index in [2.05, 4.69) is 20.6 Å². The molecule has 27 heavy (non-hydrogen) atoms. The number of hydrogen-bond acceptors (Lipinski definition) is 6. The first-order chi connectivity index (χ1) is 12.8. The second-order valence-corrected chi connectivity index (χ2v) is 7.61. The van der Waals surface area contributed by atoms with Crippen LogP contribution >= 0.6 is 0 Å². The predicted octanol–water partition coefficient (Wildman–Crippen LogP) is 2.67. The molecule has 1 aromatic heterocycles. The molecule has 2 atom stereocenters. The van der Waals surface area contributed by atoms with Crippen molar-refractivity contribution in [2.75, 3.05) is 10.6 Å². The number of carbonyl (C=O) groups excluding carboxylic acids is 1. The zero-order valence-electron chi connectivity index (χ0n) is 15.3. The first-order valence-corrected chi connectivity index (χ1v) is 9.58. The molecule has 0 radical (unpaired) electrons. The van der Waals surface area contributed by atoms with Crippen molar-refractivity contribution < 1.29 is 18.7 Å². The molecule has 0 aliphatic heterocycles. The van der Waals surface area contributed by atoms with Crippen LogP contribution in [0.4, 0.5) is 20.5 Å². The van der Waals surface area contributed by atoms with Crippen molar-refractivity contribution >= 4 is 17.7 Å². The third-order valence-corrected chi connectivity index (χ3v) is 5.34. The van der Waals surface area contributed by atoms with Gasteiger partial charge in [-0.05, 0) is 32.1 Å². The Labute approximate surface area is 157 Å². The van der Waals surface area contributed by atoms with Crippen LogP contribution in [-0.4, -0.2) is 45.1 Å². The summed E-state index contributed by atoms with van der Waals surface area (Å²) in [6.45, 7) is 0. The Kier molecular flexibility index (Phi) is 6.08. The standard InChI is InChI=1S/C18H27F2N5O2/c19-18(20)7-5-11(6-8-18)24-17-22-10-14(15(21)27)16(25-17)23-12-3-1-2-4-13(26)9-12/h10-13,26H,1-9H2,(H2,21,27)(H2,22,23,24,25)/t12-,13+/m1/s1. The van der Waals surface area contributed by atoms with Crippen molar-refractivity contribution in [2.24, 2.45) is 5.73 Å². The largest absolute Gasteiger partial charge is 0.393 e. The molecule has 2 aliphatic carbocycles. The van der Waals surface area contributed by atoms with E-state index in [-0.39, 0.29) is 42.5 Å². The molecule has 1 heterocycles. The number of aromatic nitrogens is 2. The van der Waals surface area contributed by atoms with Gasteiger partial charge in [0, 0.05) is 31.1 Å². The van der Waals surface area contributed by atoms with Gasteiger partial charge in [-0.25, -0.2) is 13.8 Å². The Bertz CT molecular complexity index is 663. The number of nitrogens with zero attached hydrogens (tertiary/aromatic N) is 2. The van der Waals surface area contributed by atoms with Gasteiger partial charge in [-0.3, -0.25) is 4.79 Å². The van der Waals surface area contributed by atoms with Crippen molar-refractivity contribution in [3.05, 3.63) is 11.8 Å². The highest BCUT2D eigenvalue weighted by atomic mass is 19.3. The van der Waals surface area contributed by atoms with Gasteiger partial charge in [-0.1, -0.05) is 12.8 Å². The minimum absolute atomic E-state index is 0.0169. The summed E-state index contributed by atoms with van der Waals surface area (Å²) in [5.74, 6) is -2.63. The molecular formula is C18H27F2N5O2. The van der Waals surface area contributed by atoms with Crippen molar-refractivity contribution in [3.63, 3.8) is 0 Å². The van der Waals surface area contributed by atoms with E-state index < -0.39 is 11.8 Å². The van der Waals surface area contributed by atoms with Crippen molar-refractivity contribution in [1.29, 1.82) is 0 Å². The van der Waals surface area contributed by atoms with Crippen LogP contribution in [0.5, 0.6) is 0 Å². The van der Waals surface area contributed by atoms with E-state index in [1.54, 1.807) is 0 Å². The number of carbonyl (C=O) groups is 1. The summed E-state index contributed by atoms with van der Waals surface area (Å²) in [7, 11) is 0. The van der Waals surface area contributed by atoms with Crippen LogP contribution in [0, 0.1) is 0 Å². The van der Waals surface area contributed by atoms with Gasteiger partial charge in [-0.15, -0.1) is 0 Å². The summed E-state index contributed by atoms with van der Waals surface area (Å²) in [4.78, 5) is 20.2. The number of nitrogens with two attached hydrogens (primary N) is 1. The summed E-state index contributed by atoms with van der Waals surface area (Å²) in [5.41, 5.74) is 5.61. The fraction of sp³-hybridized carbons (Fsp3) is 0.722. The normalized spacial score (nSPS) is 26.2. The maximum absolute atomic E-state index is 13.3. The van der Waals surface area contributed by atoms with Crippen molar-refractivity contribution in [3.8, 4) is 0 Å². The summed E-state index contributed by atoms with van der Waals surface area (Å²) in [6.07, 6.45) is 5.47. The first kappa shape index (κ1) is 19.7. The van der Waals surface area contributed by atoms with Crippen LogP contribution in [-0.2, 0) is 0 Å². The van der Waals surface area contributed by atoms with Gasteiger partial charge in [0.05, 0.1) is 11.7 Å². The van der Waals surface area contributed by atoms with Gasteiger partial charge in [0.2, 0.25) is 11.9 Å². The number of primary amides is 1. The Morgan fingerprint density at radius 1 is 1.15 bits per heavy atom. The number of rotatable bonds is 5. The van der Waals surface area contributed by atoms with E-state index in [1.807, 2.05) is 0 Å². The quantitative estimate of drug-likeness (QED) is 0.582. The van der Waals surface area contributed by atoms with Crippen molar-refractivity contribution in [2.45, 2.75) is 81.9 Å². The molecule has 2 aliphatic rings. The molecule has 0 unspecified atom stereocenters. The number of anilines is 2. The summed E-state index contributed by atoms with van der Waals surface area (Å²) >= 11 is 0. The van der Waals surface area contributed by atoms with Gasteiger partial charge >= 0.3 is 0 Å². The Morgan fingerprint density at radius 2 is 1.85 bits per heavy atom. The molecule has 7 nitrogen and oxygen atoms in total. The number of alkyl halides is 2. The summed E-state index contributed by atoms with van der Waals surface area (Å²) < 4.78 is 26.6. The number of amides is 1. The predicted molar refractivity (Wildman–Crippen MR) is 97.9 cm³/mol. The van der Waals surface area contributed by atoms with Crippen LogP contribution in [0.25, 0.3) is 0 Å². The topological polar surface area (TPSA) is 113 Å². The maximum Gasteiger partial charge on any atom is 0.254 e. The van der Waals surface area contributed by atoms with E-state index in [1.165, 1.54) is 6.20 Å². The lowest BCUT2D eigenvalue weighted by Gasteiger charge is -2.29. The van der Waals surface area contributed by atoms with Gasteiger partial charge in [0.15, 0.2) is 0 Å². The van der Waals surface area contributed by atoms with Gasteiger partial charge in [0.1, 0.15) is 5.82 Å². The molecule has 1 amide bonds. The first-order valence-electron chi connectivity index (χ1n) is 9.58. The minimum atomic E-state index is -2.60. The highest BCUT2D eigenvalue weighted by molar-refractivity contribution is 5.97. The molecule has 0 aromatic carbocycles. The lowest BCUT2D eigenvalue weighted by Crippen LogP contribution is -2.33. The minimum Gasteiger partial charge on any atom is -0.393 e. The molecule has 2 fully saturated rings. The fourth-order valence-electron chi connectivity index (χ4n) is 3.77. The molecule has 5 N–H and O–H groups in total. The van der Waals surface area contributed by atoms with Crippen LogP contribution in [0.15, 0.2) is 6.20 Å². The summed E-state index contributed by atoms with van der Waals surface area (Å²) in [6, 6.07) is -0.145. The molecular weight excluding hydrogens is 356 g/mol. The monoisotopic (exact) mass is 383 g/mol. The number of hydrogen-bond donors (Lipinski definition) is 4. The van der Waals surface area contributed by atoms with Crippen LogP contribution in [0.1, 0.15) is 68.1 Å². The van der Waals surface area contributed by atoms with E-state index >= 15 is 0 Å². The molecule has 9 heteroatoms. The number of nitrogens with one attached hydrogen (secondary N) is 2. The Balaban J connectivity index is 1.71. The van der Waals surface area contributed by atoms with Crippen LogP contribution < -0.4 is 16.4 Å². The van der Waals surface area contributed by atoms with Crippen LogP contribution in [0.2, 0.25) is 0 Å². The lowest BCUT2D eigenvalue weighted by molar-refractivity contribution is -0.0361. The zero-order chi connectivity index (χ0) is 19.4. The number of aliphatic hydroxyl groups excluding tert-OH is 1. The molecule has 1 aromatic rings. The second kappa shape index (κ2) is 8.33. The smallest absolute Gasteiger partial charge is 0.254 e. The Hall–Kier alpha value is -2.03. The highest BCUT2D eigenvalue weighted by Gasteiger charge is 2.35. The fourth-order valence-corrected chi connectivity index (χ4v) is 3.77. The highest BCUT2D eigenvalue weighted by Crippen LogP contribution is 2.34. The van der Waals surface area contributed by atoms with E-state index in [0.717, 1.165) is 25.7 Å². The van der Waals surface area contributed by atoms with Gasteiger partial charge < -0.3 is 21.5 Å². The van der Waals surface area contributed by atoms with Crippen molar-refractivity contribution in [1.82, 2.24) is 9.97 Å². The second-order valence-electron chi connectivity index (χ2n) is 7.61. The average Bonchev–Trinajstić information content (AvgIpc) is 2.80. The molecule has 0 saturated heterocycles. The maximum atomic E-state index is 13.3. The molecule has 0 spiro atoms. The zero-order valence-corrected chi connectivity index (χ0v) is 15.3. The van der Waals surface area contributed by atoms with Crippen LogP contribution in [0.3, 0.4) is 0 Å². The third kappa shape index (κ3) is 5.47. The van der Waals surface area contributed by atoms with Gasteiger partial charge in [-0.2, -0.15) is 4.98 Å². The molecule has 150 valence electrons. The molecule has 0 bridgehead atoms. The van der Waals surface area contributed by atoms with E-state index in [0.29, 0.717) is 25.1 Å². The number of halogens is 2. The number of aliphatic hydroxyl groups is 1. The molecule has 2 saturated carbocycles. The SMILES string of the molecule is NC(=O)c1cnc(NC2CCC(F)(F)CC2)nc1N[C@@H]1CCCC[C@H](O)C1. The Morgan fingerprint density at radius 3 is 2.56 bits per heavy atom. The summed E-state index contributed by atoms with van der Waals surface area (Å²) in [5, 5.41) is 16.3. The third-order valence-electron chi connectivity index (χ3n) is 5.34. The molecule has 3 rings (SSSR count). The van der Waals surface area contributed by atoms with Gasteiger partial charge in [0.25, 0.3) is 5.91 Å². The lowest BCUT2D eigenvalue weighted by atomic mass is 9.92. The van der Waals surface area contributed by atoms with E-state index in [4.69, 9.17) is 5.73 Å². The van der Waals surface area contributed by atoms with E-state index in [9.17, 15) is 18.7 Å².